The summed E-state index contributed by atoms with van der Waals surface area (Å²) in [4.78, 5) is 21.9. The molecule has 2 fully saturated rings. The van der Waals surface area contributed by atoms with Gasteiger partial charge in [0.25, 0.3) is 0 Å². The monoisotopic (exact) mass is 408 g/mol. The van der Waals surface area contributed by atoms with Gasteiger partial charge in [-0.3, -0.25) is 9.69 Å². The first kappa shape index (κ1) is 22.6. The zero-order chi connectivity index (χ0) is 16.2. The number of thiazole rings is 1. The first-order valence-corrected chi connectivity index (χ1v) is 9.63. The molecule has 1 atom stereocenters. The van der Waals surface area contributed by atoms with Gasteiger partial charge in [-0.05, 0) is 52.7 Å². The van der Waals surface area contributed by atoms with Crippen molar-refractivity contribution in [3.63, 3.8) is 0 Å². The molecular formula is C17H30Cl2N4OS. The Morgan fingerprint density at radius 1 is 1.28 bits per heavy atom. The highest BCUT2D eigenvalue weighted by Gasteiger charge is 2.34. The maximum atomic E-state index is 12.8. The van der Waals surface area contributed by atoms with E-state index in [1.54, 1.807) is 11.3 Å². The van der Waals surface area contributed by atoms with Gasteiger partial charge >= 0.3 is 0 Å². The van der Waals surface area contributed by atoms with Gasteiger partial charge in [-0.1, -0.05) is 0 Å². The minimum Gasteiger partial charge on any atom is -0.338 e. The van der Waals surface area contributed by atoms with E-state index in [1.807, 2.05) is 7.05 Å². The topological polar surface area (TPSA) is 48.5 Å². The molecule has 0 saturated carbocycles. The first-order chi connectivity index (χ1) is 11.2. The van der Waals surface area contributed by atoms with Crippen molar-refractivity contribution in [2.45, 2.75) is 45.2 Å². The number of nitrogens with one attached hydrogen (secondary N) is 1. The number of hydrogen-bond donors (Lipinski definition) is 1. The van der Waals surface area contributed by atoms with Gasteiger partial charge in [0.05, 0.1) is 10.7 Å². The number of aromatic nitrogens is 1. The van der Waals surface area contributed by atoms with Gasteiger partial charge in [-0.15, -0.1) is 36.2 Å². The van der Waals surface area contributed by atoms with Crippen LogP contribution in [0.15, 0.2) is 5.38 Å². The molecule has 2 aliphatic heterocycles. The highest BCUT2D eigenvalue weighted by Crippen LogP contribution is 2.25. The molecule has 8 heteroatoms. The van der Waals surface area contributed by atoms with E-state index in [9.17, 15) is 4.79 Å². The normalized spacial score (nSPS) is 21.7. The summed E-state index contributed by atoms with van der Waals surface area (Å²) < 4.78 is 0. The number of halogens is 2. The highest BCUT2D eigenvalue weighted by molar-refractivity contribution is 7.09. The lowest BCUT2D eigenvalue weighted by atomic mass is 9.95. The van der Waals surface area contributed by atoms with Crippen LogP contribution >= 0.6 is 36.2 Å². The van der Waals surface area contributed by atoms with Crippen LogP contribution in [0.5, 0.6) is 0 Å². The molecule has 0 bridgehead atoms. The second-order valence-electron chi connectivity index (χ2n) is 6.79. The number of piperidine rings is 1. The van der Waals surface area contributed by atoms with E-state index in [4.69, 9.17) is 0 Å². The summed E-state index contributed by atoms with van der Waals surface area (Å²) in [5.74, 6) is 0.618. The summed E-state index contributed by atoms with van der Waals surface area (Å²) in [6.45, 7) is 6.88. The Morgan fingerprint density at radius 3 is 2.60 bits per heavy atom. The molecule has 1 N–H and O–H groups in total. The van der Waals surface area contributed by atoms with Crippen LogP contribution in [0.1, 0.15) is 36.4 Å². The minimum absolute atomic E-state index is 0. The third kappa shape index (κ3) is 5.79. The van der Waals surface area contributed by atoms with Crippen molar-refractivity contribution >= 4 is 42.1 Å². The van der Waals surface area contributed by atoms with Crippen molar-refractivity contribution < 1.29 is 4.79 Å². The molecule has 1 aromatic heterocycles. The lowest BCUT2D eigenvalue weighted by Gasteiger charge is -2.34. The fourth-order valence-electron chi connectivity index (χ4n) is 3.86. The van der Waals surface area contributed by atoms with E-state index in [0.717, 1.165) is 63.4 Å². The smallest absolute Gasteiger partial charge is 0.226 e. The zero-order valence-electron chi connectivity index (χ0n) is 15.1. The van der Waals surface area contributed by atoms with Gasteiger partial charge in [-0.2, -0.15) is 0 Å². The summed E-state index contributed by atoms with van der Waals surface area (Å²) in [6, 6.07) is 0.406. The number of hydrogen-bond acceptors (Lipinski definition) is 5. The number of nitrogens with zero attached hydrogens (tertiary/aromatic N) is 3. The van der Waals surface area contributed by atoms with E-state index in [1.165, 1.54) is 5.69 Å². The van der Waals surface area contributed by atoms with Gasteiger partial charge in [0.1, 0.15) is 0 Å². The molecule has 144 valence electrons. The Labute approximate surface area is 167 Å². The fraction of sp³-hybridized carbons (Fsp3) is 0.765. The van der Waals surface area contributed by atoms with Crippen LogP contribution in [-0.2, 0) is 11.3 Å². The average molecular weight is 409 g/mol. The molecule has 1 amide bonds. The lowest BCUT2D eigenvalue weighted by molar-refractivity contribution is -0.137. The fourth-order valence-corrected chi connectivity index (χ4v) is 4.46. The maximum absolute atomic E-state index is 12.8. The van der Waals surface area contributed by atoms with Crippen molar-refractivity contribution in [3.8, 4) is 0 Å². The molecule has 0 aromatic carbocycles. The van der Waals surface area contributed by atoms with Gasteiger partial charge in [-0.25, -0.2) is 4.98 Å². The van der Waals surface area contributed by atoms with Crippen LogP contribution < -0.4 is 5.32 Å². The van der Waals surface area contributed by atoms with Crippen LogP contribution in [0.25, 0.3) is 0 Å². The predicted molar refractivity (Wildman–Crippen MR) is 108 cm³/mol. The van der Waals surface area contributed by atoms with E-state index in [-0.39, 0.29) is 30.7 Å². The molecule has 0 spiro atoms. The standard InChI is InChI=1S/C17H28N4OS.2ClH/c1-13-19-15(12-23-13)11-20-8-5-14(6-9-20)17(22)21-7-3-4-16(21)10-18-2;;/h12,14,16,18H,3-11H2,1-2H3;2*1H. The van der Waals surface area contributed by atoms with Gasteiger partial charge in [0.15, 0.2) is 0 Å². The quantitative estimate of drug-likeness (QED) is 0.813. The molecule has 3 rings (SSSR count). The summed E-state index contributed by atoms with van der Waals surface area (Å²) in [6.07, 6.45) is 4.28. The maximum Gasteiger partial charge on any atom is 0.226 e. The number of likely N-dealkylation sites (N-methyl/N-ethyl adjacent to an activating group) is 1. The van der Waals surface area contributed by atoms with Crippen molar-refractivity contribution in [1.82, 2.24) is 20.1 Å². The van der Waals surface area contributed by atoms with Crippen LogP contribution in [-0.4, -0.2) is 60.0 Å². The summed E-state index contributed by atoms with van der Waals surface area (Å²) in [7, 11) is 1.97. The second kappa shape index (κ2) is 10.7. The zero-order valence-corrected chi connectivity index (χ0v) is 17.5. The molecule has 25 heavy (non-hydrogen) atoms. The summed E-state index contributed by atoms with van der Waals surface area (Å²) in [5.41, 5.74) is 1.17. The number of amides is 1. The number of carbonyl (C=O) groups excluding carboxylic acids is 1. The van der Waals surface area contributed by atoms with Gasteiger partial charge in [0.2, 0.25) is 5.91 Å². The number of aryl methyl sites for hydroxylation is 1. The van der Waals surface area contributed by atoms with Crippen LogP contribution in [0, 0.1) is 12.8 Å². The first-order valence-electron chi connectivity index (χ1n) is 8.76. The second-order valence-corrected chi connectivity index (χ2v) is 7.86. The Hall–Kier alpha value is -0.400. The Morgan fingerprint density at radius 2 is 2.00 bits per heavy atom. The molecule has 1 aromatic rings. The molecule has 2 saturated heterocycles. The molecule has 2 aliphatic rings. The lowest BCUT2D eigenvalue weighted by Crippen LogP contribution is -2.46. The average Bonchev–Trinajstić information content (AvgIpc) is 3.17. The number of likely N-dealkylation sites (tertiary alicyclic amines) is 2. The highest BCUT2D eigenvalue weighted by atomic mass is 35.5. The molecule has 0 aliphatic carbocycles. The van der Waals surface area contributed by atoms with Crippen molar-refractivity contribution in [2.75, 3.05) is 33.2 Å². The molecular weight excluding hydrogens is 379 g/mol. The predicted octanol–water partition coefficient (Wildman–Crippen LogP) is 2.72. The van der Waals surface area contributed by atoms with Crippen molar-refractivity contribution in [1.29, 1.82) is 0 Å². The van der Waals surface area contributed by atoms with Gasteiger partial charge < -0.3 is 10.2 Å². The largest absolute Gasteiger partial charge is 0.338 e. The Bertz CT molecular complexity index is 534. The third-order valence-electron chi connectivity index (χ3n) is 5.09. The van der Waals surface area contributed by atoms with Crippen molar-refractivity contribution in [3.05, 3.63) is 16.1 Å². The number of carbonyl (C=O) groups is 1. The van der Waals surface area contributed by atoms with E-state index < -0.39 is 0 Å². The molecule has 1 unspecified atom stereocenters. The SMILES string of the molecule is CNCC1CCCN1C(=O)C1CCN(Cc2csc(C)n2)CC1.Cl.Cl. The van der Waals surface area contributed by atoms with E-state index in [2.05, 4.69) is 32.4 Å². The van der Waals surface area contributed by atoms with Crippen LogP contribution in [0.2, 0.25) is 0 Å². The summed E-state index contributed by atoms with van der Waals surface area (Å²) in [5, 5.41) is 6.51. The van der Waals surface area contributed by atoms with Crippen LogP contribution in [0.3, 0.4) is 0 Å². The van der Waals surface area contributed by atoms with E-state index in [0.29, 0.717) is 11.9 Å². The van der Waals surface area contributed by atoms with E-state index >= 15 is 0 Å². The number of rotatable bonds is 5. The van der Waals surface area contributed by atoms with Gasteiger partial charge in [0, 0.05) is 37.0 Å². The summed E-state index contributed by atoms with van der Waals surface area (Å²) >= 11 is 1.72. The Balaban J connectivity index is 0.00000156. The molecule has 5 nitrogen and oxygen atoms in total. The van der Waals surface area contributed by atoms with Crippen molar-refractivity contribution in [2.24, 2.45) is 5.92 Å². The van der Waals surface area contributed by atoms with Crippen LogP contribution in [0.4, 0.5) is 0 Å². The minimum atomic E-state index is 0. The third-order valence-corrected chi connectivity index (χ3v) is 5.91. The molecule has 3 heterocycles. The Kier molecular flexibility index (Phi) is 9.67. The molecule has 0 radical (unpaired) electrons.